The van der Waals surface area contributed by atoms with Crippen LogP contribution < -0.4 is 5.73 Å². The topological polar surface area (TPSA) is 77.0 Å². The quantitative estimate of drug-likeness (QED) is 0.774. The summed E-state index contributed by atoms with van der Waals surface area (Å²) in [6.07, 6.45) is 2.17. The Morgan fingerprint density at radius 1 is 1.09 bits per heavy atom. The third-order valence-electron chi connectivity index (χ3n) is 3.58. The molecule has 0 fully saturated rings. The molecule has 0 aliphatic carbocycles. The minimum atomic E-state index is 0.115. The molecule has 0 unspecified atom stereocenters. The number of phenolic OH excluding ortho intramolecular Hbond substituents is 1. The lowest BCUT2D eigenvalue weighted by Crippen LogP contribution is -2.02. The van der Waals surface area contributed by atoms with Crippen LogP contribution in [0, 0.1) is 0 Å². The number of aryl methyl sites for hydroxylation is 1. The van der Waals surface area contributed by atoms with Gasteiger partial charge in [-0.3, -0.25) is 0 Å². The maximum atomic E-state index is 9.92. The first-order chi connectivity index (χ1) is 10.7. The molecule has 112 valence electrons. The number of nitrogen functional groups attached to an aromatic ring is 1. The average molecular weight is 294 g/mol. The number of benzene rings is 2. The zero-order valence-electron chi connectivity index (χ0n) is 12.4. The third-order valence-corrected chi connectivity index (χ3v) is 3.58. The van der Waals surface area contributed by atoms with Crippen LogP contribution in [-0.4, -0.2) is 20.1 Å². The van der Waals surface area contributed by atoms with Crippen molar-refractivity contribution in [3.05, 3.63) is 54.1 Å². The maximum Gasteiger partial charge on any atom is 0.156 e. The predicted molar refractivity (Wildman–Crippen MR) is 86.9 cm³/mol. The van der Waals surface area contributed by atoms with Crippen molar-refractivity contribution in [3.63, 3.8) is 0 Å². The van der Waals surface area contributed by atoms with Crippen LogP contribution in [0.1, 0.15) is 18.9 Å². The molecule has 3 rings (SSSR count). The van der Waals surface area contributed by atoms with E-state index < -0.39 is 0 Å². The Morgan fingerprint density at radius 3 is 2.50 bits per heavy atom. The Balaban J connectivity index is 1.98. The molecule has 1 aromatic heterocycles. The van der Waals surface area contributed by atoms with E-state index in [1.807, 2.05) is 18.2 Å². The number of rotatable bonds is 4. The fourth-order valence-electron chi connectivity index (χ4n) is 2.43. The lowest BCUT2D eigenvalue weighted by molar-refractivity contribution is 0.470. The molecule has 2 aromatic carbocycles. The molecular formula is C17H18N4O. The van der Waals surface area contributed by atoms with Crippen molar-refractivity contribution < 1.29 is 5.11 Å². The fourth-order valence-corrected chi connectivity index (χ4v) is 2.43. The second kappa shape index (κ2) is 5.89. The summed E-state index contributed by atoms with van der Waals surface area (Å²) in [6, 6.07) is 15.1. The highest BCUT2D eigenvalue weighted by molar-refractivity contribution is 5.71. The van der Waals surface area contributed by atoms with Gasteiger partial charge < -0.3 is 10.8 Å². The number of phenols is 1. The summed E-state index contributed by atoms with van der Waals surface area (Å²) < 4.78 is 1.45. The van der Waals surface area contributed by atoms with Gasteiger partial charge in [0.2, 0.25) is 0 Å². The highest BCUT2D eigenvalue weighted by atomic mass is 16.3. The largest absolute Gasteiger partial charge is 0.506 e. The maximum absolute atomic E-state index is 9.92. The molecule has 5 nitrogen and oxygen atoms in total. The molecule has 3 N–H and O–H groups in total. The number of para-hydroxylation sites is 2. The zero-order chi connectivity index (χ0) is 15.5. The zero-order valence-corrected chi connectivity index (χ0v) is 12.4. The van der Waals surface area contributed by atoms with E-state index in [4.69, 9.17) is 5.73 Å². The highest BCUT2D eigenvalue weighted by Gasteiger charge is 2.14. The summed E-state index contributed by atoms with van der Waals surface area (Å²) in [7, 11) is 0. The van der Waals surface area contributed by atoms with Crippen molar-refractivity contribution in [2.75, 3.05) is 5.73 Å². The summed E-state index contributed by atoms with van der Waals surface area (Å²) in [5, 5.41) is 18.1. The first-order valence-corrected chi connectivity index (χ1v) is 7.29. The van der Waals surface area contributed by atoms with Gasteiger partial charge >= 0.3 is 0 Å². The number of hydrogen-bond acceptors (Lipinski definition) is 4. The Kier molecular flexibility index (Phi) is 3.78. The molecule has 5 heteroatoms. The van der Waals surface area contributed by atoms with Crippen LogP contribution in [0.15, 0.2) is 48.5 Å². The van der Waals surface area contributed by atoms with Crippen LogP contribution in [0.5, 0.6) is 5.75 Å². The molecule has 0 radical (unpaired) electrons. The first-order valence-electron chi connectivity index (χ1n) is 7.29. The van der Waals surface area contributed by atoms with Gasteiger partial charge in [-0.15, -0.1) is 5.10 Å². The fraction of sp³-hybridized carbons (Fsp3) is 0.176. The van der Waals surface area contributed by atoms with Gasteiger partial charge in [0.15, 0.2) is 5.82 Å². The van der Waals surface area contributed by atoms with Gasteiger partial charge in [-0.2, -0.15) is 4.68 Å². The van der Waals surface area contributed by atoms with E-state index in [2.05, 4.69) is 29.4 Å². The summed E-state index contributed by atoms with van der Waals surface area (Å²) in [6.45, 7) is 2.16. The molecule has 0 aliphatic rings. The average Bonchev–Trinajstić information content (AvgIpc) is 2.91. The second-order valence-electron chi connectivity index (χ2n) is 5.17. The Bertz CT molecular complexity index is 778. The van der Waals surface area contributed by atoms with Crippen LogP contribution in [0.2, 0.25) is 0 Å². The number of nitrogens with two attached hydrogens (primary N) is 1. The number of aromatic nitrogens is 3. The standard InChI is InChI=1S/C17H18N4O/c1-2-5-12-8-10-13(11-9-12)16-17(18)21(20-19-16)14-6-3-4-7-15(14)22/h3-4,6-11,22H,2,5,18H2,1H3. The van der Waals surface area contributed by atoms with E-state index in [0.29, 0.717) is 17.2 Å². The van der Waals surface area contributed by atoms with Crippen molar-refractivity contribution in [3.8, 4) is 22.7 Å². The van der Waals surface area contributed by atoms with Crippen molar-refractivity contribution >= 4 is 5.82 Å². The van der Waals surface area contributed by atoms with Gasteiger partial charge in [-0.25, -0.2) is 0 Å². The lowest BCUT2D eigenvalue weighted by Gasteiger charge is -2.06. The van der Waals surface area contributed by atoms with E-state index in [9.17, 15) is 5.11 Å². The van der Waals surface area contributed by atoms with Crippen LogP contribution in [0.3, 0.4) is 0 Å². The first kappa shape index (κ1) is 14.1. The monoisotopic (exact) mass is 294 g/mol. The number of hydrogen-bond donors (Lipinski definition) is 2. The van der Waals surface area contributed by atoms with E-state index in [-0.39, 0.29) is 5.75 Å². The van der Waals surface area contributed by atoms with E-state index >= 15 is 0 Å². The summed E-state index contributed by atoms with van der Waals surface area (Å²) in [5.74, 6) is 0.522. The third kappa shape index (κ3) is 2.53. The van der Waals surface area contributed by atoms with Crippen LogP contribution >= 0.6 is 0 Å². The summed E-state index contributed by atoms with van der Waals surface area (Å²) in [5.41, 5.74) is 9.50. The summed E-state index contributed by atoms with van der Waals surface area (Å²) in [4.78, 5) is 0. The van der Waals surface area contributed by atoms with Gasteiger partial charge in [0.1, 0.15) is 17.1 Å². The van der Waals surface area contributed by atoms with Gasteiger partial charge in [0, 0.05) is 5.56 Å². The van der Waals surface area contributed by atoms with Gasteiger partial charge in [0.25, 0.3) is 0 Å². The number of anilines is 1. The molecule has 3 aromatic rings. The molecule has 0 atom stereocenters. The SMILES string of the molecule is CCCc1ccc(-c2nnn(-c3ccccc3O)c2N)cc1. The molecule has 1 heterocycles. The van der Waals surface area contributed by atoms with Crippen LogP contribution in [0.25, 0.3) is 16.9 Å². The molecule has 0 spiro atoms. The van der Waals surface area contributed by atoms with E-state index in [0.717, 1.165) is 18.4 Å². The molecule has 0 saturated heterocycles. The highest BCUT2D eigenvalue weighted by Crippen LogP contribution is 2.28. The van der Waals surface area contributed by atoms with Crippen molar-refractivity contribution in [1.29, 1.82) is 0 Å². The molecule has 0 bridgehead atoms. The van der Waals surface area contributed by atoms with Crippen LogP contribution in [-0.2, 0) is 6.42 Å². The van der Waals surface area contributed by atoms with Crippen molar-refractivity contribution in [1.82, 2.24) is 15.0 Å². The van der Waals surface area contributed by atoms with E-state index in [1.165, 1.54) is 10.2 Å². The Hall–Kier alpha value is -2.82. The minimum Gasteiger partial charge on any atom is -0.506 e. The smallest absolute Gasteiger partial charge is 0.156 e. The normalized spacial score (nSPS) is 10.8. The Morgan fingerprint density at radius 2 is 1.82 bits per heavy atom. The lowest BCUT2D eigenvalue weighted by atomic mass is 10.1. The molecule has 0 aliphatic heterocycles. The molecule has 0 saturated carbocycles. The molecular weight excluding hydrogens is 276 g/mol. The predicted octanol–water partition coefficient (Wildman–Crippen LogP) is 3.17. The molecule has 22 heavy (non-hydrogen) atoms. The molecule has 0 amide bonds. The number of nitrogens with zero attached hydrogens (tertiary/aromatic N) is 3. The van der Waals surface area contributed by atoms with Gasteiger partial charge in [0.05, 0.1) is 0 Å². The minimum absolute atomic E-state index is 0.115. The van der Waals surface area contributed by atoms with Crippen molar-refractivity contribution in [2.24, 2.45) is 0 Å². The van der Waals surface area contributed by atoms with E-state index in [1.54, 1.807) is 18.2 Å². The van der Waals surface area contributed by atoms with Crippen molar-refractivity contribution in [2.45, 2.75) is 19.8 Å². The second-order valence-corrected chi connectivity index (χ2v) is 5.17. The van der Waals surface area contributed by atoms with Gasteiger partial charge in [-0.05, 0) is 24.1 Å². The van der Waals surface area contributed by atoms with Gasteiger partial charge in [-0.1, -0.05) is 55.0 Å². The summed E-state index contributed by atoms with van der Waals surface area (Å²) >= 11 is 0. The van der Waals surface area contributed by atoms with Crippen LogP contribution in [0.4, 0.5) is 5.82 Å². The number of aromatic hydroxyl groups is 1. The Labute approximate surface area is 129 Å².